The SMILES string of the molecule is CCc1cccc(NC(=O)CN(C2=N[C@H]3CS(=O)(=O)C[C@@H]3S2)c2ccc(C(C)C)cc2)c1. The molecule has 2 atom stereocenters. The highest BCUT2D eigenvalue weighted by atomic mass is 32.2. The molecule has 1 N–H and O–H groups in total. The van der Waals surface area contributed by atoms with Crippen LogP contribution in [0.5, 0.6) is 0 Å². The van der Waals surface area contributed by atoms with Crippen LogP contribution in [0, 0.1) is 0 Å². The lowest BCUT2D eigenvalue weighted by Crippen LogP contribution is -2.36. The highest BCUT2D eigenvalue weighted by Gasteiger charge is 2.44. The van der Waals surface area contributed by atoms with Crippen LogP contribution in [0.1, 0.15) is 37.8 Å². The lowest BCUT2D eigenvalue weighted by atomic mass is 10.0. The highest BCUT2D eigenvalue weighted by molar-refractivity contribution is 8.15. The molecule has 0 unspecified atom stereocenters. The van der Waals surface area contributed by atoms with Crippen LogP contribution >= 0.6 is 11.8 Å². The Kier molecular flexibility index (Phi) is 6.62. The molecule has 0 aromatic heterocycles. The molecule has 0 saturated carbocycles. The number of aryl methyl sites for hydroxylation is 1. The molecule has 1 amide bonds. The largest absolute Gasteiger partial charge is 0.325 e. The van der Waals surface area contributed by atoms with Crippen molar-refractivity contribution in [2.75, 3.05) is 28.3 Å². The molecule has 8 heteroatoms. The number of amides is 1. The van der Waals surface area contributed by atoms with Crippen molar-refractivity contribution >= 4 is 44.0 Å². The zero-order valence-electron chi connectivity index (χ0n) is 18.6. The Bertz CT molecular complexity index is 1130. The van der Waals surface area contributed by atoms with Crippen LogP contribution in [0.15, 0.2) is 53.5 Å². The van der Waals surface area contributed by atoms with Crippen molar-refractivity contribution in [1.82, 2.24) is 0 Å². The van der Waals surface area contributed by atoms with Gasteiger partial charge in [0.2, 0.25) is 5.91 Å². The van der Waals surface area contributed by atoms with Crippen LogP contribution in [-0.4, -0.2) is 48.8 Å². The fourth-order valence-electron chi connectivity index (χ4n) is 3.99. The molecule has 2 aromatic carbocycles. The third-order valence-electron chi connectivity index (χ3n) is 5.83. The maximum Gasteiger partial charge on any atom is 0.244 e. The van der Waals surface area contributed by atoms with Crippen molar-refractivity contribution in [3.8, 4) is 0 Å². The predicted molar refractivity (Wildman–Crippen MR) is 134 cm³/mol. The van der Waals surface area contributed by atoms with Gasteiger partial charge in [-0.25, -0.2) is 8.42 Å². The van der Waals surface area contributed by atoms with Gasteiger partial charge in [-0.3, -0.25) is 9.79 Å². The maximum atomic E-state index is 13.0. The summed E-state index contributed by atoms with van der Waals surface area (Å²) in [6, 6.07) is 15.8. The number of hydrogen-bond donors (Lipinski definition) is 1. The van der Waals surface area contributed by atoms with E-state index in [1.165, 1.54) is 17.3 Å². The molecule has 170 valence electrons. The molecule has 2 heterocycles. The minimum Gasteiger partial charge on any atom is -0.325 e. The van der Waals surface area contributed by atoms with Crippen LogP contribution in [-0.2, 0) is 21.1 Å². The molecule has 2 aliphatic rings. The van der Waals surface area contributed by atoms with Crippen LogP contribution in [0.25, 0.3) is 0 Å². The average Bonchev–Trinajstić information content (AvgIpc) is 3.25. The first-order chi connectivity index (χ1) is 15.2. The number of anilines is 2. The third-order valence-corrected chi connectivity index (χ3v) is 9.08. The lowest BCUT2D eigenvalue weighted by Gasteiger charge is -2.24. The summed E-state index contributed by atoms with van der Waals surface area (Å²) in [5.41, 5.74) is 4.03. The Labute approximate surface area is 194 Å². The predicted octanol–water partition coefficient (Wildman–Crippen LogP) is 4.09. The number of aliphatic imine (C=N–C) groups is 1. The molecule has 4 rings (SSSR count). The van der Waals surface area contributed by atoms with Crippen molar-refractivity contribution in [1.29, 1.82) is 0 Å². The normalized spacial score (nSPS) is 21.3. The molecule has 32 heavy (non-hydrogen) atoms. The van der Waals surface area contributed by atoms with Gasteiger partial charge >= 0.3 is 0 Å². The van der Waals surface area contributed by atoms with Gasteiger partial charge in [0.15, 0.2) is 15.0 Å². The standard InChI is InChI=1S/C24H29N3O3S2/c1-4-17-6-5-7-19(12-17)25-23(28)13-27(20-10-8-18(9-11-20)16(2)3)24-26-21-14-32(29,30)15-22(21)31-24/h5-12,16,21-22H,4,13-15H2,1-3H3,(H,25,28)/t21-,22-/m0/s1. The second-order valence-corrected chi connectivity index (χ2v) is 12.0. The first kappa shape index (κ1) is 22.9. The first-order valence-electron chi connectivity index (χ1n) is 11.0. The molecule has 0 radical (unpaired) electrons. The van der Waals surface area contributed by atoms with E-state index in [4.69, 9.17) is 4.99 Å². The average molecular weight is 472 g/mol. The Hall–Kier alpha value is -2.32. The van der Waals surface area contributed by atoms with Crippen molar-refractivity contribution in [3.05, 3.63) is 59.7 Å². The molecule has 2 aliphatic heterocycles. The fourth-order valence-corrected chi connectivity index (χ4v) is 7.77. The molecular weight excluding hydrogens is 442 g/mol. The van der Waals surface area contributed by atoms with Gasteiger partial charge in [0.25, 0.3) is 0 Å². The number of benzene rings is 2. The van der Waals surface area contributed by atoms with E-state index in [0.717, 1.165) is 23.4 Å². The summed E-state index contributed by atoms with van der Waals surface area (Å²) in [5.74, 6) is 0.504. The summed E-state index contributed by atoms with van der Waals surface area (Å²) >= 11 is 1.47. The quantitative estimate of drug-likeness (QED) is 0.687. The Balaban J connectivity index is 1.57. The molecule has 1 fully saturated rings. The first-order valence-corrected chi connectivity index (χ1v) is 13.7. The van der Waals surface area contributed by atoms with Crippen molar-refractivity contribution in [3.63, 3.8) is 0 Å². The topological polar surface area (TPSA) is 78.8 Å². The molecule has 2 aromatic rings. The van der Waals surface area contributed by atoms with E-state index in [2.05, 4.69) is 38.2 Å². The summed E-state index contributed by atoms with van der Waals surface area (Å²) in [4.78, 5) is 19.6. The molecule has 6 nitrogen and oxygen atoms in total. The van der Waals surface area contributed by atoms with Crippen LogP contribution in [0.2, 0.25) is 0 Å². The molecular formula is C24H29N3O3S2. The van der Waals surface area contributed by atoms with E-state index in [1.54, 1.807) is 0 Å². The number of thioether (sulfide) groups is 1. The fraction of sp³-hybridized carbons (Fsp3) is 0.417. The Morgan fingerprint density at radius 3 is 2.59 bits per heavy atom. The van der Waals surface area contributed by atoms with E-state index in [9.17, 15) is 13.2 Å². The number of fused-ring (bicyclic) bond motifs is 1. The van der Waals surface area contributed by atoms with Crippen LogP contribution in [0.4, 0.5) is 11.4 Å². The highest BCUT2D eigenvalue weighted by Crippen LogP contribution is 2.37. The summed E-state index contributed by atoms with van der Waals surface area (Å²) in [7, 11) is -3.03. The number of nitrogens with zero attached hydrogens (tertiary/aromatic N) is 2. The van der Waals surface area contributed by atoms with Gasteiger partial charge in [0, 0.05) is 16.6 Å². The smallest absolute Gasteiger partial charge is 0.244 e. The van der Waals surface area contributed by atoms with Gasteiger partial charge in [0.05, 0.1) is 17.5 Å². The number of sulfone groups is 1. The monoisotopic (exact) mass is 471 g/mol. The van der Waals surface area contributed by atoms with E-state index in [0.29, 0.717) is 11.1 Å². The van der Waals surface area contributed by atoms with E-state index >= 15 is 0 Å². The summed E-state index contributed by atoms with van der Waals surface area (Å²) in [6.45, 7) is 6.47. The second-order valence-electron chi connectivity index (χ2n) is 8.65. The number of nitrogens with one attached hydrogen (secondary N) is 1. The van der Waals surface area contributed by atoms with E-state index < -0.39 is 9.84 Å². The van der Waals surface area contributed by atoms with Gasteiger partial charge in [-0.1, -0.05) is 56.8 Å². The number of amidine groups is 1. The maximum absolute atomic E-state index is 13.0. The summed E-state index contributed by atoms with van der Waals surface area (Å²) < 4.78 is 23.9. The van der Waals surface area contributed by atoms with E-state index in [-0.39, 0.29) is 35.2 Å². The number of carbonyl (C=O) groups is 1. The lowest BCUT2D eigenvalue weighted by molar-refractivity contribution is -0.114. The van der Waals surface area contributed by atoms with E-state index in [1.807, 2.05) is 41.3 Å². The summed E-state index contributed by atoms with van der Waals surface area (Å²) in [5, 5.41) is 3.63. The van der Waals surface area contributed by atoms with Gasteiger partial charge in [-0.2, -0.15) is 0 Å². The van der Waals surface area contributed by atoms with Gasteiger partial charge in [0.1, 0.15) is 6.54 Å². The molecule has 0 spiro atoms. The van der Waals surface area contributed by atoms with Crippen LogP contribution < -0.4 is 10.2 Å². The Morgan fingerprint density at radius 2 is 1.94 bits per heavy atom. The molecule has 0 aliphatic carbocycles. The van der Waals surface area contributed by atoms with Crippen LogP contribution in [0.3, 0.4) is 0 Å². The Morgan fingerprint density at radius 1 is 1.19 bits per heavy atom. The van der Waals surface area contributed by atoms with Gasteiger partial charge in [-0.15, -0.1) is 0 Å². The number of carbonyl (C=O) groups excluding carboxylic acids is 1. The summed E-state index contributed by atoms with van der Waals surface area (Å²) in [6.07, 6.45) is 0.900. The second kappa shape index (κ2) is 9.27. The van der Waals surface area contributed by atoms with Crippen molar-refractivity contribution in [2.24, 2.45) is 4.99 Å². The molecule has 0 bridgehead atoms. The minimum atomic E-state index is -3.03. The van der Waals surface area contributed by atoms with Crippen molar-refractivity contribution in [2.45, 2.75) is 44.4 Å². The number of hydrogen-bond acceptors (Lipinski definition) is 6. The van der Waals surface area contributed by atoms with Gasteiger partial charge < -0.3 is 10.2 Å². The third kappa shape index (κ3) is 5.18. The van der Waals surface area contributed by atoms with Crippen molar-refractivity contribution < 1.29 is 13.2 Å². The zero-order valence-corrected chi connectivity index (χ0v) is 20.2. The zero-order chi connectivity index (χ0) is 22.9. The minimum absolute atomic E-state index is 0.0725. The van der Waals surface area contributed by atoms with Gasteiger partial charge in [-0.05, 0) is 47.7 Å². The molecule has 1 saturated heterocycles. The number of rotatable bonds is 6.